The molecule has 0 aliphatic heterocycles. The zero-order valence-corrected chi connectivity index (χ0v) is 24.4. The molecule has 214 valence electrons. The lowest BCUT2D eigenvalue weighted by molar-refractivity contribution is -0.114. The summed E-state index contributed by atoms with van der Waals surface area (Å²) in [4.78, 5) is 39.4. The fourth-order valence-corrected chi connectivity index (χ4v) is 4.57. The van der Waals surface area contributed by atoms with Crippen molar-refractivity contribution in [1.82, 2.24) is 5.32 Å². The van der Waals surface area contributed by atoms with Gasteiger partial charge >= 0.3 is 0 Å². The molecule has 0 heterocycles. The maximum atomic E-state index is 13.2. The molecule has 0 saturated heterocycles. The Morgan fingerprint density at radius 3 is 2.21 bits per heavy atom. The summed E-state index contributed by atoms with van der Waals surface area (Å²) < 4.78 is 10.5. The molecule has 0 aliphatic carbocycles. The van der Waals surface area contributed by atoms with Crippen LogP contribution in [0.2, 0.25) is 5.02 Å². The third kappa shape index (κ3) is 8.63. The Bertz CT molecular complexity index is 1580. The molecule has 0 aromatic heterocycles. The first kappa shape index (κ1) is 30.2. The summed E-state index contributed by atoms with van der Waals surface area (Å²) in [6, 6.07) is 27.7. The third-order valence-corrected chi connectivity index (χ3v) is 7.14. The van der Waals surface area contributed by atoms with Gasteiger partial charge in [0.05, 0.1) is 25.7 Å². The number of benzene rings is 4. The summed E-state index contributed by atoms with van der Waals surface area (Å²) in [7, 11) is 3.08. The Balaban J connectivity index is 1.40. The van der Waals surface area contributed by atoms with E-state index in [-0.39, 0.29) is 17.4 Å². The number of methoxy groups -OCH3 is 2. The molecule has 0 bridgehead atoms. The van der Waals surface area contributed by atoms with Crippen LogP contribution in [0.25, 0.3) is 6.08 Å². The highest BCUT2D eigenvalue weighted by Gasteiger charge is 2.15. The van der Waals surface area contributed by atoms with E-state index in [2.05, 4.69) is 16.0 Å². The molecule has 0 saturated carbocycles. The highest BCUT2D eigenvalue weighted by molar-refractivity contribution is 8.00. The Labute approximate surface area is 253 Å². The van der Waals surface area contributed by atoms with Crippen LogP contribution >= 0.6 is 23.4 Å². The third-order valence-electron chi connectivity index (χ3n) is 5.87. The van der Waals surface area contributed by atoms with Crippen molar-refractivity contribution in [2.24, 2.45) is 0 Å². The minimum atomic E-state index is -0.499. The standard InChI is InChI=1S/C32H28ClN3O5S/c1-40-25-14-17-29(41-2)27(19-25)35-30(37)20-42-26-15-12-24(13-16-26)34-32(39)28(18-21-8-10-23(33)11-9-21)36-31(38)22-6-4-3-5-7-22/h3-19H,20H2,1-2H3,(H,34,39)(H,35,37)(H,36,38)/b28-18-. The predicted molar refractivity (Wildman–Crippen MR) is 167 cm³/mol. The Hall–Kier alpha value is -4.73. The van der Waals surface area contributed by atoms with E-state index in [4.69, 9.17) is 21.1 Å². The van der Waals surface area contributed by atoms with Crippen molar-refractivity contribution in [2.45, 2.75) is 4.90 Å². The van der Waals surface area contributed by atoms with Gasteiger partial charge in [0.25, 0.3) is 11.8 Å². The zero-order valence-electron chi connectivity index (χ0n) is 22.8. The average Bonchev–Trinajstić information content (AvgIpc) is 3.01. The van der Waals surface area contributed by atoms with Gasteiger partial charge in [0.15, 0.2) is 0 Å². The van der Waals surface area contributed by atoms with E-state index in [1.54, 1.807) is 110 Å². The van der Waals surface area contributed by atoms with Crippen LogP contribution < -0.4 is 25.4 Å². The topological polar surface area (TPSA) is 106 Å². The van der Waals surface area contributed by atoms with Crippen molar-refractivity contribution in [2.75, 3.05) is 30.6 Å². The van der Waals surface area contributed by atoms with Crippen molar-refractivity contribution < 1.29 is 23.9 Å². The van der Waals surface area contributed by atoms with Gasteiger partial charge in [-0.3, -0.25) is 14.4 Å². The monoisotopic (exact) mass is 601 g/mol. The molecule has 0 fully saturated rings. The van der Waals surface area contributed by atoms with Gasteiger partial charge in [-0.1, -0.05) is 41.9 Å². The predicted octanol–water partition coefficient (Wildman–Crippen LogP) is 6.50. The number of hydrogen-bond acceptors (Lipinski definition) is 6. The summed E-state index contributed by atoms with van der Waals surface area (Å²) in [5.41, 5.74) is 2.21. The van der Waals surface area contributed by atoms with E-state index in [0.717, 1.165) is 4.90 Å². The van der Waals surface area contributed by atoms with Gasteiger partial charge in [-0.2, -0.15) is 0 Å². The van der Waals surface area contributed by atoms with Crippen molar-refractivity contribution >= 4 is 58.5 Å². The Morgan fingerprint density at radius 2 is 1.55 bits per heavy atom. The molecule has 4 aromatic carbocycles. The van der Waals surface area contributed by atoms with Crippen LogP contribution in [0.3, 0.4) is 0 Å². The van der Waals surface area contributed by atoms with Crippen molar-refractivity contribution in [3.05, 3.63) is 119 Å². The lowest BCUT2D eigenvalue weighted by Gasteiger charge is -2.12. The van der Waals surface area contributed by atoms with Gasteiger partial charge in [0, 0.05) is 27.2 Å². The number of ether oxygens (including phenoxy) is 2. The van der Waals surface area contributed by atoms with E-state index in [9.17, 15) is 14.4 Å². The lowest BCUT2D eigenvalue weighted by Crippen LogP contribution is -2.30. The number of carbonyl (C=O) groups is 3. The van der Waals surface area contributed by atoms with Crippen LogP contribution in [0.5, 0.6) is 11.5 Å². The second-order valence-electron chi connectivity index (χ2n) is 8.81. The number of anilines is 2. The van der Waals surface area contributed by atoms with Gasteiger partial charge < -0.3 is 25.4 Å². The minimum absolute atomic E-state index is 0.0641. The molecular weight excluding hydrogens is 574 g/mol. The number of nitrogens with one attached hydrogen (secondary N) is 3. The molecule has 3 amide bonds. The first-order valence-corrected chi connectivity index (χ1v) is 14.1. The van der Waals surface area contributed by atoms with E-state index >= 15 is 0 Å². The minimum Gasteiger partial charge on any atom is -0.497 e. The van der Waals surface area contributed by atoms with Crippen LogP contribution in [-0.4, -0.2) is 37.7 Å². The van der Waals surface area contributed by atoms with Crippen LogP contribution in [-0.2, 0) is 9.59 Å². The molecule has 0 radical (unpaired) electrons. The van der Waals surface area contributed by atoms with E-state index in [1.807, 2.05) is 0 Å². The fourth-order valence-electron chi connectivity index (χ4n) is 3.75. The quantitative estimate of drug-likeness (QED) is 0.134. The van der Waals surface area contributed by atoms with E-state index in [0.29, 0.717) is 39.0 Å². The number of hydrogen-bond donors (Lipinski definition) is 3. The molecule has 4 aromatic rings. The van der Waals surface area contributed by atoms with Crippen molar-refractivity contribution in [3.63, 3.8) is 0 Å². The van der Waals surface area contributed by atoms with Gasteiger partial charge in [-0.15, -0.1) is 11.8 Å². The Morgan fingerprint density at radius 1 is 0.833 bits per heavy atom. The highest BCUT2D eigenvalue weighted by atomic mass is 35.5. The molecular formula is C32H28ClN3O5S. The maximum Gasteiger partial charge on any atom is 0.272 e. The van der Waals surface area contributed by atoms with E-state index < -0.39 is 11.8 Å². The summed E-state index contributed by atoms with van der Waals surface area (Å²) >= 11 is 7.33. The molecule has 8 nitrogen and oxygen atoms in total. The van der Waals surface area contributed by atoms with E-state index in [1.165, 1.54) is 18.9 Å². The normalized spacial score (nSPS) is 10.9. The molecule has 42 heavy (non-hydrogen) atoms. The van der Waals surface area contributed by atoms with Gasteiger partial charge in [-0.25, -0.2) is 0 Å². The zero-order chi connectivity index (χ0) is 29.9. The average molecular weight is 602 g/mol. The fraction of sp³-hybridized carbons (Fsp3) is 0.0938. The van der Waals surface area contributed by atoms with Crippen molar-refractivity contribution in [3.8, 4) is 11.5 Å². The summed E-state index contributed by atoms with van der Waals surface area (Å²) in [6.07, 6.45) is 1.58. The number of amides is 3. The second-order valence-corrected chi connectivity index (χ2v) is 10.3. The number of thioether (sulfide) groups is 1. The van der Waals surface area contributed by atoms with Gasteiger partial charge in [0.2, 0.25) is 5.91 Å². The molecule has 3 N–H and O–H groups in total. The lowest BCUT2D eigenvalue weighted by atomic mass is 10.1. The SMILES string of the molecule is COc1ccc(OC)c(NC(=O)CSc2ccc(NC(=O)/C(=C/c3ccc(Cl)cc3)NC(=O)c3ccccc3)cc2)c1. The second kappa shape index (κ2) is 14.8. The number of carbonyl (C=O) groups excluding carboxylic acids is 3. The number of rotatable bonds is 11. The molecule has 4 rings (SSSR count). The van der Waals surface area contributed by atoms with Gasteiger partial charge in [0.1, 0.15) is 17.2 Å². The Kier molecular flexibility index (Phi) is 10.6. The summed E-state index contributed by atoms with van der Waals surface area (Å²) in [6.45, 7) is 0. The molecule has 0 unspecified atom stereocenters. The largest absolute Gasteiger partial charge is 0.497 e. The molecule has 0 spiro atoms. The van der Waals surface area contributed by atoms with Crippen LogP contribution in [0, 0.1) is 0 Å². The summed E-state index contributed by atoms with van der Waals surface area (Å²) in [5.74, 6) is 0.158. The highest BCUT2D eigenvalue weighted by Crippen LogP contribution is 2.29. The first-order valence-electron chi connectivity index (χ1n) is 12.7. The van der Waals surface area contributed by atoms with Crippen LogP contribution in [0.4, 0.5) is 11.4 Å². The smallest absolute Gasteiger partial charge is 0.272 e. The molecule has 0 aliphatic rings. The summed E-state index contributed by atoms with van der Waals surface area (Å²) in [5, 5.41) is 8.92. The van der Waals surface area contributed by atoms with Crippen LogP contribution in [0.1, 0.15) is 15.9 Å². The number of halogens is 1. The first-order chi connectivity index (χ1) is 20.3. The van der Waals surface area contributed by atoms with Crippen molar-refractivity contribution in [1.29, 1.82) is 0 Å². The molecule has 10 heteroatoms. The van der Waals surface area contributed by atoms with Gasteiger partial charge in [-0.05, 0) is 72.3 Å². The van der Waals surface area contributed by atoms with Crippen LogP contribution in [0.15, 0.2) is 108 Å². The maximum absolute atomic E-state index is 13.2. The molecule has 0 atom stereocenters.